The lowest BCUT2D eigenvalue weighted by molar-refractivity contribution is -0.223. The molecule has 0 saturated heterocycles. The van der Waals surface area contributed by atoms with Gasteiger partial charge < -0.3 is 4.74 Å². The van der Waals surface area contributed by atoms with Crippen molar-refractivity contribution >= 4 is 0 Å². The summed E-state index contributed by atoms with van der Waals surface area (Å²) in [7, 11) is 0. The second-order valence-corrected chi connectivity index (χ2v) is 10.4. The Morgan fingerprint density at radius 2 is 1.22 bits per heavy atom. The SMILES string of the molecule is Cc1ccc(C2CCC(/C=C/C3CCC(C(F)(F)Oc4cc(F)c(C(F)(F)F)c(F)c4)CC3)CC2)cc1. The Morgan fingerprint density at radius 1 is 0.730 bits per heavy atom. The van der Waals surface area contributed by atoms with Gasteiger partial charge in [0.15, 0.2) is 0 Å². The average Bonchev–Trinajstić information content (AvgIpc) is 2.82. The second kappa shape index (κ2) is 11.1. The van der Waals surface area contributed by atoms with Crippen molar-refractivity contribution in [1.82, 2.24) is 0 Å². The van der Waals surface area contributed by atoms with Gasteiger partial charge in [-0.3, -0.25) is 0 Å². The van der Waals surface area contributed by atoms with Gasteiger partial charge in [0.2, 0.25) is 0 Å². The summed E-state index contributed by atoms with van der Waals surface area (Å²) in [4.78, 5) is 0. The average molecular weight is 529 g/mol. The van der Waals surface area contributed by atoms with Crippen LogP contribution in [0.5, 0.6) is 5.75 Å². The van der Waals surface area contributed by atoms with E-state index in [2.05, 4.69) is 48.1 Å². The number of benzene rings is 2. The van der Waals surface area contributed by atoms with E-state index < -0.39 is 41.2 Å². The Balaban J connectivity index is 1.26. The fourth-order valence-electron chi connectivity index (χ4n) is 5.57. The van der Waals surface area contributed by atoms with Gasteiger partial charge in [0.05, 0.1) is 5.92 Å². The fourth-order valence-corrected chi connectivity index (χ4v) is 5.57. The van der Waals surface area contributed by atoms with E-state index in [0.717, 1.165) is 25.7 Å². The van der Waals surface area contributed by atoms with Gasteiger partial charge in [-0.15, -0.1) is 0 Å². The van der Waals surface area contributed by atoms with E-state index in [4.69, 9.17) is 0 Å². The topological polar surface area (TPSA) is 9.23 Å². The molecule has 202 valence electrons. The van der Waals surface area contributed by atoms with Crippen LogP contribution in [0.3, 0.4) is 0 Å². The Morgan fingerprint density at radius 3 is 1.70 bits per heavy atom. The fraction of sp³-hybridized carbons (Fsp3) is 0.517. The highest BCUT2D eigenvalue weighted by Crippen LogP contribution is 2.43. The first-order valence-corrected chi connectivity index (χ1v) is 12.8. The van der Waals surface area contributed by atoms with Gasteiger partial charge in [-0.1, -0.05) is 42.0 Å². The summed E-state index contributed by atoms with van der Waals surface area (Å²) >= 11 is 0. The normalized spacial score (nSPS) is 25.4. The maximum Gasteiger partial charge on any atom is 0.422 e. The summed E-state index contributed by atoms with van der Waals surface area (Å²) in [5, 5.41) is 0. The van der Waals surface area contributed by atoms with Crippen molar-refractivity contribution in [3.05, 3.63) is 76.9 Å². The summed E-state index contributed by atoms with van der Waals surface area (Å²) in [6.07, 6.45) is 1.10. The molecule has 0 amide bonds. The largest absolute Gasteiger partial charge is 0.432 e. The highest BCUT2D eigenvalue weighted by Gasteiger charge is 2.45. The number of hydrogen-bond acceptors (Lipinski definition) is 1. The molecule has 4 rings (SSSR count). The summed E-state index contributed by atoms with van der Waals surface area (Å²) in [5.74, 6) is -4.89. The van der Waals surface area contributed by atoms with Crippen molar-refractivity contribution in [3.8, 4) is 5.75 Å². The third kappa shape index (κ3) is 6.88. The smallest absolute Gasteiger partial charge is 0.422 e. The molecule has 0 unspecified atom stereocenters. The molecule has 2 aliphatic carbocycles. The predicted octanol–water partition coefficient (Wildman–Crippen LogP) is 9.60. The number of aryl methyl sites for hydroxylation is 1. The summed E-state index contributed by atoms with van der Waals surface area (Å²) < 4.78 is 99.5. The van der Waals surface area contributed by atoms with Crippen LogP contribution >= 0.6 is 0 Å². The predicted molar refractivity (Wildman–Crippen MR) is 127 cm³/mol. The van der Waals surface area contributed by atoms with E-state index in [0.29, 0.717) is 24.7 Å². The van der Waals surface area contributed by atoms with Crippen LogP contribution in [-0.4, -0.2) is 6.11 Å². The van der Waals surface area contributed by atoms with Crippen LogP contribution in [0.4, 0.5) is 30.7 Å². The van der Waals surface area contributed by atoms with Crippen LogP contribution in [-0.2, 0) is 6.18 Å². The van der Waals surface area contributed by atoms with Crippen molar-refractivity contribution in [2.75, 3.05) is 0 Å². The minimum atomic E-state index is -5.28. The van der Waals surface area contributed by atoms with Gasteiger partial charge in [0.25, 0.3) is 0 Å². The second-order valence-electron chi connectivity index (χ2n) is 10.4. The van der Waals surface area contributed by atoms with Gasteiger partial charge >= 0.3 is 12.3 Å². The van der Waals surface area contributed by atoms with Crippen molar-refractivity contribution < 1.29 is 35.5 Å². The van der Waals surface area contributed by atoms with E-state index in [1.54, 1.807) is 0 Å². The van der Waals surface area contributed by atoms with E-state index >= 15 is 0 Å². The minimum Gasteiger partial charge on any atom is -0.432 e. The number of alkyl halides is 5. The van der Waals surface area contributed by atoms with E-state index in [-0.39, 0.29) is 30.9 Å². The molecule has 0 aliphatic heterocycles. The van der Waals surface area contributed by atoms with Crippen LogP contribution in [0, 0.1) is 36.3 Å². The van der Waals surface area contributed by atoms with Crippen LogP contribution in [0.15, 0.2) is 48.6 Å². The Bertz CT molecular complexity index is 1050. The third-order valence-corrected chi connectivity index (χ3v) is 7.78. The van der Waals surface area contributed by atoms with Gasteiger partial charge in [-0.25, -0.2) is 8.78 Å². The van der Waals surface area contributed by atoms with Crippen molar-refractivity contribution in [2.24, 2.45) is 17.8 Å². The number of ether oxygens (including phenoxy) is 1. The molecule has 2 aromatic carbocycles. The molecule has 37 heavy (non-hydrogen) atoms. The maximum absolute atomic E-state index is 14.7. The molecule has 0 bridgehead atoms. The number of halogens is 7. The van der Waals surface area contributed by atoms with E-state index in [1.807, 2.05) is 0 Å². The highest BCUT2D eigenvalue weighted by molar-refractivity contribution is 5.32. The molecule has 8 heteroatoms. The molecule has 0 N–H and O–H groups in total. The molecule has 0 spiro atoms. The van der Waals surface area contributed by atoms with Crippen LogP contribution in [0.1, 0.15) is 74.0 Å². The first-order chi connectivity index (χ1) is 17.4. The van der Waals surface area contributed by atoms with Gasteiger partial charge in [0, 0.05) is 12.1 Å². The summed E-state index contributed by atoms with van der Waals surface area (Å²) in [6.45, 7) is 2.08. The zero-order valence-electron chi connectivity index (χ0n) is 20.6. The number of hydrogen-bond donors (Lipinski definition) is 0. The molecule has 1 nitrogen and oxygen atoms in total. The first kappa shape index (κ1) is 27.5. The van der Waals surface area contributed by atoms with Crippen molar-refractivity contribution in [3.63, 3.8) is 0 Å². The Kier molecular flexibility index (Phi) is 8.24. The van der Waals surface area contributed by atoms with Gasteiger partial charge in [-0.2, -0.15) is 22.0 Å². The van der Waals surface area contributed by atoms with Crippen molar-refractivity contribution in [1.29, 1.82) is 0 Å². The molecule has 0 aromatic heterocycles. The van der Waals surface area contributed by atoms with Gasteiger partial charge in [0.1, 0.15) is 22.9 Å². The highest BCUT2D eigenvalue weighted by atomic mass is 19.4. The molecular formula is C29H31F7O. The lowest BCUT2D eigenvalue weighted by atomic mass is 9.77. The Hall–Kier alpha value is -2.51. The van der Waals surface area contributed by atoms with Crippen LogP contribution in [0.25, 0.3) is 0 Å². The maximum atomic E-state index is 14.7. The van der Waals surface area contributed by atoms with E-state index in [9.17, 15) is 30.7 Å². The summed E-state index contributed by atoms with van der Waals surface area (Å²) in [6, 6.07) is 9.01. The first-order valence-electron chi connectivity index (χ1n) is 12.8. The standard InChI is InChI=1S/C29H31F7O/c1-18-2-10-21(11-3-18)22-12-6-19(7-13-22)4-5-20-8-14-23(15-9-20)29(35,36)37-24-16-25(30)27(26(31)17-24)28(32,33)34/h2-5,10-11,16-17,19-20,22-23H,6-9,12-15H2,1H3/b5-4+. The molecule has 2 fully saturated rings. The molecule has 0 heterocycles. The quantitative estimate of drug-likeness (QED) is 0.268. The molecule has 2 aromatic rings. The lowest BCUT2D eigenvalue weighted by Gasteiger charge is -2.33. The lowest BCUT2D eigenvalue weighted by Crippen LogP contribution is -2.37. The zero-order valence-corrected chi connectivity index (χ0v) is 20.6. The Labute approximate surface area is 212 Å². The molecular weight excluding hydrogens is 497 g/mol. The zero-order chi connectivity index (χ0) is 26.8. The number of rotatable bonds is 6. The van der Waals surface area contributed by atoms with Crippen LogP contribution in [0.2, 0.25) is 0 Å². The molecule has 0 radical (unpaired) electrons. The molecule has 2 saturated carbocycles. The minimum absolute atomic E-state index is 0.147. The van der Waals surface area contributed by atoms with Crippen molar-refractivity contribution in [2.45, 2.75) is 76.5 Å². The van der Waals surface area contributed by atoms with E-state index in [1.165, 1.54) is 11.1 Å². The van der Waals surface area contributed by atoms with Crippen LogP contribution < -0.4 is 4.74 Å². The number of allylic oxidation sites excluding steroid dienone is 2. The third-order valence-electron chi connectivity index (χ3n) is 7.78. The summed E-state index contributed by atoms with van der Waals surface area (Å²) in [5.41, 5.74) is 0.511. The monoisotopic (exact) mass is 528 g/mol. The molecule has 2 aliphatic rings. The van der Waals surface area contributed by atoms with Gasteiger partial charge in [-0.05, 0) is 81.6 Å². The molecule has 0 atom stereocenters.